The van der Waals surface area contributed by atoms with E-state index in [1.165, 1.54) is 64.7 Å². The first-order valence-electron chi connectivity index (χ1n) is 22.0. The fraction of sp³-hybridized carbons (Fsp3) is 0.0492. The van der Waals surface area contributed by atoms with Gasteiger partial charge in [-0.25, -0.2) is 9.97 Å². The van der Waals surface area contributed by atoms with Crippen LogP contribution in [-0.4, -0.2) is 9.97 Å². The molecule has 1 aliphatic rings. The molecular weight excluding hydrogens is 793 g/mol. The first-order valence-corrected chi connectivity index (χ1v) is 22.8. The number of hydrogen-bond acceptors (Lipinski definition) is 3. The van der Waals surface area contributed by atoms with Crippen molar-refractivity contribution in [3.63, 3.8) is 0 Å². The zero-order valence-electron chi connectivity index (χ0n) is 35.6. The smallest absolute Gasteiger partial charge is 0.160 e. The molecule has 0 spiro atoms. The van der Waals surface area contributed by atoms with E-state index in [0.717, 1.165) is 50.3 Å². The van der Waals surface area contributed by atoms with E-state index in [1.54, 1.807) is 0 Å². The van der Waals surface area contributed by atoms with Crippen LogP contribution in [0.25, 0.3) is 110 Å². The monoisotopic (exact) mass is 834 g/mol. The summed E-state index contributed by atoms with van der Waals surface area (Å²) in [5, 5.41) is 2.57. The van der Waals surface area contributed by atoms with Crippen LogP contribution in [0.1, 0.15) is 25.0 Å². The molecule has 0 N–H and O–H groups in total. The van der Waals surface area contributed by atoms with Crippen LogP contribution in [0.4, 0.5) is 0 Å². The summed E-state index contributed by atoms with van der Waals surface area (Å²) in [6.45, 7) is 4.67. The van der Waals surface area contributed by atoms with Crippen molar-refractivity contribution in [2.24, 2.45) is 0 Å². The lowest BCUT2D eigenvalue weighted by atomic mass is 9.82. The van der Waals surface area contributed by atoms with Crippen molar-refractivity contribution in [2.75, 3.05) is 0 Å². The van der Waals surface area contributed by atoms with Gasteiger partial charge in [0.1, 0.15) is 0 Å². The molecular formula is C61H42N2S. The molecule has 0 bridgehead atoms. The lowest BCUT2D eigenvalue weighted by Crippen LogP contribution is -2.14. The largest absolute Gasteiger partial charge is 0.228 e. The summed E-state index contributed by atoms with van der Waals surface area (Å²) >= 11 is 1.86. The second-order valence-electron chi connectivity index (χ2n) is 17.3. The summed E-state index contributed by atoms with van der Waals surface area (Å²) in [7, 11) is 0. The fourth-order valence-corrected chi connectivity index (χ4v) is 11.1. The molecule has 0 aliphatic heterocycles. The van der Waals surface area contributed by atoms with Gasteiger partial charge in [0.05, 0.1) is 11.4 Å². The third-order valence-electron chi connectivity index (χ3n) is 13.1. The average molecular weight is 835 g/mol. The molecule has 64 heavy (non-hydrogen) atoms. The molecule has 2 heterocycles. The molecule has 0 fully saturated rings. The Bertz CT molecular complexity index is 3580. The van der Waals surface area contributed by atoms with Crippen molar-refractivity contribution in [2.45, 2.75) is 19.3 Å². The molecule has 0 unspecified atom stereocenters. The van der Waals surface area contributed by atoms with Crippen LogP contribution >= 0.6 is 11.3 Å². The van der Waals surface area contributed by atoms with Gasteiger partial charge in [0.15, 0.2) is 5.82 Å². The van der Waals surface area contributed by atoms with Gasteiger partial charge in [-0.2, -0.15) is 0 Å². The second-order valence-corrected chi connectivity index (χ2v) is 18.4. The minimum atomic E-state index is -0.0606. The lowest BCUT2D eigenvalue weighted by molar-refractivity contribution is 0.660. The van der Waals surface area contributed by atoms with Gasteiger partial charge in [-0.1, -0.05) is 190 Å². The van der Waals surface area contributed by atoms with Crippen LogP contribution in [0.15, 0.2) is 218 Å². The van der Waals surface area contributed by atoms with Crippen molar-refractivity contribution in [1.82, 2.24) is 9.97 Å². The van der Waals surface area contributed by atoms with Crippen molar-refractivity contribution in [3.05, 3.63) is 230 Å². The van der Waals surface area contributed by atoms with E-state index in [9.17, 15) is 0 Å². The van der Waals surface area contributed by atoms with Crippen LogP contribution in [0.2, 0.25) is 0 Å². The Morgan fingerprint density at radius 1 is 0.328 bits per heavy atom. The topological polar surface area (TPSA) is 25.8 Å². The van der Waals surface area contributed by atoms with Crippen LogP contribution in [0.5, 0.6) is 0 Å². The number of thiophene rings is 1. The maximum atomic E-state index is 5.41. The summed E-state index contributed by atoms with van der Waals surface area (Å²) in [5.74, 6) is 0.692. The third kappa shape index (κ3) is 6.47. The lowest BCUT2D eigenvalue weighted by Gasteiger charge is -2.21. The summed E-state index contributed by atoms with van der Waals surface area (Å²) in [4.78, 5) is 10.8. The predicted molar refractivity (Wildman–Crippen MR) is 271 cm³/mol. The summed E-state index contributed by atoms with van der Waals surface area (Å²) < 4.78 is 2.58. The Morgan fingerprint density at radius 2 is 0.891 bits per heavy atom. The Labute approximate surface area is 377 Å². The Kier molecular flexibility index (Phi) is 9.06. The first kappa shape index (κ1) is 38.0. The standard InChI is InChI=1S/C61H42N2S/c1-61(2)54-29-13-11-24-49(54)53-37-43(31-32-55(53)61)47-23-9-10-25-50(47)57-38-56(62-60(63-57)40-19-7-4-8-20-40)46-35-44(42-22-15-21-41(33-42)39-17-5-3-6-18-39)34-45(36-46)48-27-16-28-52-51-26-12-14-30-58(51)64-59(48)52/h3-38H,1-2H3. The van der Waals surface area contributed by atoms with E-state index in [0.29, 0.717) is 5.82 Å². The zero-order valence-corrected chi connectivity index (χ0v) is 36.4. The van der Waals surface area contributed by atoms with E-state index >= 15 is 0 Å². The highest BCUT2D eigenvalue weighted by atomic mass is 32.1. The molecule has 2 nitrogen and oxygen atoms in total. The van der Waals surface area contributed by atoms with Crippen LogP contribution in [0.3, 0.4) is 0 Å². The summed E-state index contributed by atoms with van der Waals surface area (Å²) in [6, 6.07) is 79.1. The van der Waals surface area contributed by atoms with Gasteiger partial charge in [-0.3, -0.25) is 0 Å². The number of nitrogens with zero attached hydrogens (tertiary/aromatic N) is 2. The molecule has 0 amide bonds. The zero-order chi connectivity index (χ0) is 42.8. The van der Waals surface area contributed by atoms with Crippen molar-refractivity contribution < 1.29 is 0 Å². The quantitative estimate of drug-likeness (QED) is 0.160. The fourth-order valence-electron chi connectivity index (χ4n) is 9.88. The van der Waals surface area contributed by atoms with Gasteiger partial charge in [-0.05, 0) is 109 Å². The second kappa shape index (κ2) is 15.3. The molecule has 0 saturated heterocycles. The number of fused-ring (bicyclic) bond motifs is 6. The maximum absolute atomic E-state index is 5.41. The van der Waals surface area contributed by atoms with E-state index in [2.05, 4.69) is 226 Å². The Balaban J connectivity index is 1.07. The molecule has 0 radical (unpaired) electrons. The highest BCUT2D eigenvalue weighted by Crippen LogP contribution is 2.50. The highest BCUT2D eigenvalue weighted by Gasteiger charge is 2.35. The number of hydrogen-bond donors (Lipinski definition) is 0. The molecule has 9 aromatic carbocycles. The van der Waals surface area contributed by atoms with E-state index in [4.69, 9.17) is 9.97 Å². The Morgan fingerprint density at radius 3 is 1.72 bits per heavy atom. The number of aromatic nitrogens is 2. The van der Waals surface area contributed by atoms with Gasteiger partial charge in [0, 0.05) is 42.3 Å². The van der Waals surface area contributed by atoms with Crippen molar-refractivity contribution in [3.8, 4) is 89.5 Å². The Hall–Kier alpha value is -7.72. The molecule has 2 aromatic heterocycles. The average Bonchev–Trinajstić information content (AvgIpc) is 3.86. The molecule has 3 heteroatoms. The molecule has 0 saturated carbocycles. The van der Waals surface area contributed by atoms with Crippen LogP contribution in [0, 0.1) is 0 Å². The minimum absolute atomic E-state index is 0.0606. The first-order chi connectivity index (χ1) is 31.5. The van der Waals surface area contributed by atoms with Gasteiger partial charge >= 0.3 is 0 Å². The van der Waals surface area contributed by atoms with Crippen LogP contribution < -0.4 is 0 Å². The van der Waals surface area contributed by atoms with Crippen molar-refractivity contribution >= 4 is 31.5 Å². The normalized spacial score (nSPS) is 12.7. The molecule has 0 atom stereocenters. The van der Waals surface area contributed by atoms with E-state index in [-0.39, 0.29) is 5.41 Å². The van der Waals surface area contributed by atoms with Gasteiger partial charge in [0.2, 0.25) is 0 Å². The number of rotatable bonds is 7. The van der Waals surface area contributed by atoms with Gasteiger partial charge in [0.25, 0.3) is 0 Å². The maximum Gasteiger partial charge on any atom is 0.160 e. The molecule has 302 valence electrons. The van der Waals surface area contributed by atoms with Crippen molar-refractivity contribution in [1.29, 1.82) is 0 Å². The SMILES string of the molecule is CC1(C)c2ccccc2-c2cc(-c3ccccc3-c3cc(-c4cc(-c5cccc(-c6ccccc6)c5)cc(-c5cccc6c5sc5ccccc56)c4)nc(-c4ccccc4)n3)ccc21. The third-order valence-corrected chi connectivity index (χ3v) is 14.3. The molecule has 12 rings (SSSR count). The van der Waals surface area contributed by atoms with Gasteiger partial charge in [-0.15, -0.1) is 11.3 Å². The number of benzene rings is 9. The molecule has 1 aliphatic carbocycles. The minimum Gasteiger partial charge on any atom is -0.228 e. The highest BCUT2D eigenvalue weighted by molar-refractivity contribution is 7.26. The van der Waals surface area contributed by atoms with Gasteiger partial charge < -0.3 is 0 Å². The van der Waals surface area contributed by atoms with E-state index in [1.807, 2.05) is 17.4 Å². The summed E-state index contributed by atoms with van der Waals surface area (Å²) in [5.41, 5.74) is 19.4. The van der Waals surface area contributed by atoms with E-state index < -0.39 is 0 Å². The van der Waals surface area contributed by atoms with Crippen LogP contribution in [-0.2, 0) is 5.41 Å². The summed E-state index contributed by atoms with van der Waals surface area (Å²) in [6.07, 6.45) is 0. The molecule has 11 aromatic rings. The predicted octanol–water partition coefficient (Wildman–Crippen LogP) is 16.8.